The average molecular weight is 414 g/mol. The van der Waals surface area contributed by atoms with Crippen molar-refractivity contribution in [2.75, 3.05) is 37.7 Å². The molecule has 7 nitrogen and oxygen atoms in total. The molecule has 0 unspecified atom stereocenters. The summed E-state index contributed by atoms with van der Waals surface area (Å²) in [4.78, 5) is 26.0. The van der Waals surface area contributed by atoms with Crippen molar-refractivity contribution in [1.29, 1.82) is 0 Å². The molecule has 1 spiro atoms. The number of fused-ring (bicyclic) bond motifs is 2. The number of amides is 1. The average Bonchev–Trinajstić information content (AvgIpc) is 3.22. The van der Waals surface area contributed by atoms with E-state index in [1.807, 2.05) is 6.07 Å². The van der Waals surface area contributed by atoms with Crippen LogP contribution in [0.25, 0.3) is 0 Å². The highest BCUT2D eigenvalue weighted by molar-refractivity contribution is 7.14. The highest BCUT2D eigenvalue weighted by Gasteiger charge is 2.40. The summed E-state index contributed by atoms with van der Waals surface area (Å²) in [5, 5.41) is 6.68. The van der Waals surface area contributed by atoms with Gasteiger partial charge in [-0.2, -0.15) is 0 Å². The molecule has 0 radical (unpaired) electrons. The van der Waals surface area contributed by atoms with E-state index in [0.29, 0.717) is 0 Å². The molecule has 3 aliphatic rings. The number of piperidine rings is 2. The summed E-state index contributed by atoms with van der Waals surface area (Å²) in [7, 11) is 0. The van der Waals surface area contributed by atoms with E-state index in [9.17, 15) is 4.79 Å². The molecule has 2 saturated heterocycles. The Labute approximate surface area is 174 Å². The van der Waals surface area contributed by atoms with Gasteiger partial charge >= 0.3 is 0 Å². The van der Waals surface area contributed by atoms with E-state index < -0.39 is 0 Å². The van der Waals surface area contributed by atoms with Crippen LogP contribution in [0.2, 0.25) is 0 Å². The lowest BCUT2D eigenvalue weighted by molar-refractivity contribution is -0.0792. The van der Waals surface area contributed by atoms with E-state index >= 15 is 0 Å². The van der Waals surface area contributed by atoms with Gasteiger partial charge in [0.2, 0.25) is 5.95 Å². The number of carbonyl (C=O) groups excluding carboxylic acids is 1. The largest absolute Gasteiger partial charge is 0.370 e. The fourth-order valence-electron chi connectivity index (χ4n) is 4.71. The molecule has 3 aliphatic heterocycles. The predicted molar refractivity (Wildman–Crippen MR) is 112 cm³/mol. The minimum atomic E-state index is -0.186. The van der Waals surface area contributed by atoms with E-state index in [1.54, 1.807) is 23.7 Å². The van der Waals surface area contributed by atoms with Gasteiger partial charge < -0.3 is 20.3 Å². The highest BCUT2D eigenvalue weighted by atomic mass is 32.1. The molecule has 154 valence electrons. The van der Waals surface area contributed by atoms with E-state index in [0.717, 1.165) is 75.7 Å². The van der Waals surface area contributed by atoms with Gasteiger partial charge in [-0.15, -0.1) is 11.3 Å². The van der Waals surface area contributed by atoms with Crippen LogP contribution in [-0.2, 0) is 16.8 Å². The van der Waals surface area contributed by atoms with E-state index in [4.69, 9.17) is 4.74 Å². The maximum atomic E-state index is 13.0. The van der Waals surface area contributed by atoms with Gasteiger partial charge in [0.15, 0.2) is 0 Å². The second kappa shape index (κ2) is 8.01. The molecule has 0 aromatic carbocycles. The summed E-state index contributed by atoms with van der Waals surface area (Å²) in [6.07, 6.45) is 8.25. The molecule has 0 saturated carbocycles. The second-order valence-corrected chi connectivity index (χ2v) is 9.21. The van der Waals surface area contributed by atoms with E-state index in [-0.39, 0.29) is 17.6 Å². The Hall–Kier alpha value is -2.03. The number of carbonyl (C=O) groups is 1. The number of nitrogens with zero attached hydrogens (tertiary/aromatic N) is 3. The lowest BCUT2D eigenvalue weighted by Gasteiger charge is -2.40. The topological polar surface area (TPSA) is 79.4 Å². The lowest BCUT2D eigenvalue weighted by atomic mass is 9.83. The first-order valence-corrected chi connectivity index (χ1v) is 11.4. The highest BCUT2D eigenvalue weighted by Crippen LogP contribution is 2.43. The molecule has 0 aliphatic carbocycles. The lowest BCUT2D eigenvalue weighted by Crippen LogP contribution is -2.45. The normalized spacial score (nSPS) is 21.7. The van der Waals surface area contributed by atoms with Gasteiger partial charge in [0.25, 0.3) is 5.91 Å². The summed E-state index contributed by atoms with van der Waals surface area (Å²) in [5.74, 6) is 0.832. The van der Waals surface area contributed by atoms with Crippen LogP contribution in [0.3, 0.4) is 0 Å². The van der Waals surface area contributed by atoms with Crippen molar-refractivity contribution in [3.63, 3.8) is 0 Å². The monoisotopic (exact) mass is 413 g/mol. The molecular weight excluding hydrogens is 386 g/mol. The molecule has 0 atom stereocenters. The van der Waals surface area contributed by atoms with Gasteiger partial charge in [0.05, 0.1) is 17.1 Å². The van der Waals surface area contributed by atoms with Gasteiger partial charge in [-0.05, 0) is 56.5 Å². The zero-order valence-corrected chi connectivity index (χ0v) is 17.3. The molecule has 0 bridgehead atoms. The Kier molecular flexibility index (Phi) is 5.24. The predicted octanol–water partition coefficient (Wildman–Crippen LogP) is 2.09. The molecule has 2 aromatic rings. The van der Waals surface area contributed by atoms with Crippen LogP contribution in [0, 0.1) is 0 Å². The molecule has 1 amide bonds. The summed E-state index contributed by atoms with van der Waals surface area (Å²) >= 11 is 1.65. The fraction of sp³-hybridized carbons (Fsp3) is 0.571. The number of aromatic nitrogens is 2. The third-order valence-corrected chi connectivity index (χ3v) is 7.50. The fourth-order valence-corrected chi connectivity index (χ4v) is 5.84. The first kappa shape index (κ1) is 19.0. The molecule has 8 heteroatoms. The minimum absolute atomic E-state index is 0.0582. The van der Waals surface area contributed by atoms with Crippen LogP contribution in [0.15, 0.2) is 24.5 Å². The number of hydrogen-bond donors (Lipinski definition) is 2. The molecule has 5 rings (SSSR count). The second-order valence-electron chi connectivity index (χ2n) is 8.07. The standard InChI is InChI=1S/C21H27N5O2S/c27-19(25-15-2-11-26(12-3-15)20-23-7-1-8-24-20)18-14-16-17(29-18)4-13-28-21(16)5-9-22-10-6-21/h1,7-8,14-15,22H,2-6,9-13H2,(H,25,27). The summed E-state index contributed by atoms with van der Waals surface area (Å²) in [5.41, 5.74) is 1.07. The Bertz CT molecular complexity index is 857. The zero-order valence-electron chi connectivity index (χ0n) is 16.5. The van der Waals surface area contributed by atoms with E-state index in [1.165, 1.54) is 10.4 Å². The minimum Gasteiger partial charge on any atom is -0.370 e. The van der Waals surface area contributed by atoms with Crippen molar-refractivity contribution in [2.45, 2.75) is 43.7 Å². The van der Waals surface area contributed by atoms with Crippen LogP contribution in [-0.4, -0.2) is 54.7 Å². The Balaban J connectivity index is 1.23. The molecule has 5 heterocycles. The van der Waals surface area contributed by atoms with Crippen LogP contribution < -0.4 is 15.5 Å². The maximum Gasteiger partial charge on any atom is 0.261 e. The third-order valence-electron chi connectivity index (χ3n) is 6.31. The smallest absolute Gasteiger partial charge is 0.261 e. The number of ether oxygens (including phenoxy) is 1. The van der Waals surface area contributed by atoms with Crippen molar-refractivity contribution in [1.82, 2.24) is 20.6 Å². The quantitative estimate of drug-likeness (QED) is 0.802. The first-order chi connectivity index (χ1) is 14.2. The molecular formula is C21H27N5O2S. The van der Waals surface area contributed by atoms with Crippen molar-refractivity contribution < 1.29 is 9.53 Å². The summed E-state index contributed by atoms with van der Waals surface area (Å²) < 4.78 is 6.25. The van der Waals surface area contributed by atoms with Gasteiger partial charge in [-0.25, -0.2) is 9.97 Å². The molecule has 29 heavy (non-hydrogen) atoms. The third kappa shape index (κ3) is 3.76. The number of hydrogen-bond acceptors (Lipinski definition) is 7. The van der Waals surface area contributed by atoms with Crippen LogP contribution in [0.1, 0.15) is 45.8 Å². The van der Waals surface area contributed by atoms with Crippen molar-refractivity contribution in [3.8, 4) is 0 Å². The first-order valence-electron chi connectivity index (χ1n) is 10.5. The van der Waals surface area contributed by atoms with Crippen molar-refractivity contribution >= 4 is 23.2 Å². The van der Waals surface area contributed by atoms with Gasteiger partial charge in [-0.3, -0.25) is 4.79 Å². The van der Waals surface area contributed by atoms with Gasteiger partial charge in [0.1, 0.15) is 0 Å². The van der Waals surface area contributed by atoms with Crippen LogP contribution in [0.4, 0.5) is 5.95 Å². The number of anilines is 1. The summed E-state index contributed by atoms with van der Waals surface area (Å²) in [6.45, 7) is 4.43. The van der Waals surface area contributed by atoms with Gasteiger partial charge in [-0.1, -0.05) is 0 Å². The Morgan fingerprint density at radius 1 is 1.24 bits per heavy atom. The summed E-state index contributed by atoms with van der Waals surface area (Å²) in [6, 6.07) is 4.13. The van der Waals surface area contributed by atoms with Crippen LogP contribution in [0.5, 0.6) is 0 Å². The van der Waals surface area contributed by atoms with E-state index in [2.05, 4.69) is 31.6 Å². The Morgan fingerprint density at radius 2 is 2.00 bits per heavy atom. The number of nitrogens with one attached hydrogen (secondary N) is 2. The van der Waals surface area contributed by atoms with Gasteiger partial charge in [0, 0.05) is 42.8 Å². The zero-order chi connectivity index (χ0) is 19.7. The van der Waals surface area contributed by atoms with Crippen LogP contribution >= 0.6 is 11.3 Å². The number of thiophene rings is 1. The van der Waals surface area contributed by atoms with Crippen molar-refractivity contribution in [3.05, 3.63) is 39.8 Å². The molecule has 2 fully saturated rings. The molecule has 2 aromatic heterocycles. The number of rotatable bonds is 3. The SMILES string of the molecule is O=C(NC1CCN(c2ncccn2)CC1)c1cc2c(s1)CCOC21CCNCC1. The van der Waals surface area contributed by atoms with Crippen molar-refractivity contribution in [2.24, 2.45) is 0 Å². The maximum absolute atomic E-state index is 13.0. The Morgan fingerprint density at radius 3 is 2.76 bits per heavy atom. The molecule has 2 N–H and O–H groups in total.